The van der Waals surface area contributed by atoms with Crippen LogP contribution in [0.15, 0.2) is 12.4 Å². The monoisotopic (exact) mass is 202 g/mol. The third-order valence-corrected chi connectivity index (χ3v) is 3.03. The van der Waals surface area contributed by atoms with Gasteiger partial charge in [0.05, 0.1) is 0 Å². The fourth-order valence-electron chi connectivity index (χ4n) is 1.80. The molecule has 1 aliphatic carbocycles. The fraction of sp³-hybridized carbons (Fsp3) is 0.545. The molecule has 0 amide bonds. The number of nitriles is 1. The van der Waals surface area contributed by atoms with Crippen LogP contribution in [0, 0.1) is 17.2 Å². The van der Waals surface area contributed by atoms with Gasteiger partial charge < -0.3 is 5.32 Å². The first kappa shape index (κ1) is 9.91. The van der Waals surface area contributed by atoms with Crippen LogP contribution >= 0.6 is 0 Å². The second kappa shape index (κ2) is 4.26. The maximum atomic E-state index is 8.85. The van der Waals surface area contributed by atoms with Crippen molar-refractivity contribution in [2.75, 3.05) is 5.32 Å². The lowest BCUT2D eigenvalue weighted by atomic mass is 9.80. The van der Waals surface area contributed by atoms with Gasteiger partial charge in [0.1, 0.15) is 6.07 Å². The number of hydrogen-bond acceptors (Lipinski definition) is 4. The average Bonchev–Trinajstić information content (AvgIpc) is 2.15. The lowest BCUT2D eigenvalue weighted by Gasteiger charge is -2.32. The van der Waals surface area contributed by atoms with Crippen LogP contribution in [0.1, 0.15) is 31.9 Å². The van der Waals surface area contributed by atoms with E-state index in [1.165, 1.54) is 25.5 Å². The zero-order valence-electron chi connectivity index (χ0n) is 8.77. The van der Waals surface area contributed by atoms with Crippen molar-refractivity contribution in [2.45, 2.75) is 32.2 Å². The van der Waals surface area contributed by atoms with Crippen molar-refractivity contribution < 1.29 is 0 Å². The topological polar surface area (TPSA) is 61.6 Å². The van der Waals surface area contributed by atoms with Crippen LogP contribution in [-0.4, -0.2) is 16.0 Å². The second-order valence-electron chi connectivity index (χ2n) is 3.99. The maximum absolute atomic E-state index is 8.85. The molecular weight excluding hydrogens is 188 g/mol. The van der Waals surface area contributed by atoms with Gasteiger partial charge in [0, 0.05) is 18.4 Å². The van der Waals surface area contributed by atoms with Crippen LogP contribution in [-0.2, 0) is 0 Å². The Morgan fingerprint density at radius 3 is 2.80 bits per heavy atom. The molecule has 1 saturated carbocycles. The van der Waals surface area contributed by atoms with Crippen LogP contribution in [0.2, 0.25) is 0 Å². The minimum atomic E-state index is 0.377. The van der Waals surface area contributed by atoms with E-state index >= 15 is 0 Å². The summed E-state index contributed by atoms with van der Waals surface area (Å²) < 4.78 is 0. The number of anilines is 1. The highest BCUT2D eigenvalue weighted by atomic mass is 15.0. The molecule has 1 unspecified atom stereocenters. The number of hydrogen-bond donors (Lipinski definition) is 1. The fourth-order valence-corrected chi connectivity index (χ4v) is 1.80. The number of nitrogens with one attached hydrogen (secondary N) is 1. The summed E-state index contributed by atoms with van der Waals surface area (Å²) in [5.74, 6) is 1.33. The van der Waals surface area contributed by atoms with Gasteiger partial charge in [0.15, 0.2) is 11.5 Å². The zero-order chi connectivity index (χ0) is 10.7. The Bertz CT molecular complexity index is 378. The molecule has 0 bridgehead atoms. The summed E-state index contributed by atoms with van der Waals surface area (Å²) >= 11 is 0. The molecule has 0 saturated heterocycles. The van der Waals surface area contributed by atoms with Gasteiger partial charge in [-0.05, 0) is 25.7 Å². The molecule has 78 valence electrons. The summed E-state index contributed by atoms with van der Waals surface area (Å²) in [7, 11) is 0. The quantitative estimate of drug-likeness (QED) is 0.813. The van der Waals surface area contributed by atoms with Gasteiger partial charge in [-0.25, -0.2) is 9.97 Å². The molecule has 1 aromatic heterocycles. The van der Waals surface area contributed by atoms with E-state index in [1.54, 1.807) is 6.20 Å². The molecule has 1 aliphatic rings. The molecule has 0 aliphatic heterocycles. The molecule has 1 aromatic rings. The van der Waals surface area contributed by atoms with Crippen LogP contribution in [0.4, 0.5) is 5.82 Å². The first-order chi connectivity index (χ1) is 7.31. The SMILES string of the molecule is CC(Nc1nccnc1C#N)C1CCC1. The lowest BCUT2D eigenvalue weighted by molar-refractivity contribution is 0.285. The molecule has 1 heterocycles. The van der Waals surface area contributed by atoms with E-state index in [-0.39, 0.29) is 0 Å². The summed E-state index contributed by atoms with van der Waals surface area (Å²) in [5, 5.41) is 12.1. The molecule has 1 N–H and O–H groups in total. The molecule has 4 heteroatoms. The molecule has 2 rings (SSSR count). The Kier molecular flexibility index (Phi) is 2.82. The van der Waals surface area contributed by atoms with Gasteiger partial charge in [0.2, 0.25) is 0 Å². The molecular formula is C11H14N4. The van der Waals surface area contributed by atoms with E-state index in [0.717, 1.165) is 5.92 Å². The minimum Gasteiger partial charge on any atom is -0.365 e. The second-order valence-corrected chi connectivity index (χ2v) is 3.99. The van der Waals surface area contributed by atoms with Gasteiger partial charge in [-0.2, -0.15) is 5.26 Å². The lowest BCUT2D eigenvalue weighted by Crippen LogP contribution is -2.31. The van der Waals surface area contributed by atoms with Crippen molar-refractivity contribution in [2.24, 2.45) is 5.92 Å². The highest BCUT2D eigenvalue weighted by Gasteiger charge is 2.24. The van der Waals surface area contributed by atoms with Crippen molar-refractivity contribution >= 4 is 5.82 Å². The van der Waals surface area contributed by atoms with E-state index in [9.17, 15) is 0 Å². The predicted octanol–water partition coefficient (Wildman–Crippen LogP) is 1.95. The summed E-state index contributed by atoms with van der Waals surface area (Å²) in [6, 6.07) is 2.42. The molecule has 15 heavy (non-hydrogen) atoms. The predicted molar refractivity (Wildman–Crippen MR) is 57.2 cm³/mol. The Hall–Kier alpha value is -1.63. The summed E-state index contributed by atoms with van der Waals surface area (Å²) in [6.45, 7) is 2.14. The number of nitrogens with zero attached hydrogens (tertiary/aromatic N) is 3. The highest BCUT2D eigenvalue weighted by Crippen LogP contribution is 2.30. The van der Waals surface area contributed by atoms with Gasteiger partial charge in [0.25, 0.3) is 0 Å². The smallest absolute Gasteiger partial charge is 0.182 e. The standard InChI is InChI=1S/C11H14N4/c1-8(9-3-2-4-9)15-11-10(7-12)13-5-6-14-11/h5-6,8-9H,2-4H2,1H3,(H,14,15). The zero-order valence-corrected chi connectivity index (χ0v) is 8.77. The van der Waals surface area contributed by atoms with Crippen LogP contribution < -0.4 is 5.32 Å². The Morgan fingerprint density at radius 2 is 2.20 bits per heavy atom. The molecule has 0 spiro atoms. The van der Waals surface area contributed by atoms with Crippen LogP contribution in [0.3, 0.4) is 0 Å². The third-order valence-electron chi connectivity index (χ3n) is 3.03. The van der Waals surface area contributed by atoms with Crippen LogP contribution in [0.5, 0.6) is 0 Å². The highest BCUT2D eigenvalue weighted by molar-refractivity contribution is 5.47. The first-order valence-electron chi connectivity index (χ1n) is 5.29. The Labute approximate surface area is 89.4 Å². The van der Waals surface area contributed by atoms with Crippen molar-refractivity contribution in [3.05, 3.63) is 18.1 Å². The molecule has 1 fully saturated rings. The van der Waals surface area contributed by atoms with Crippen LogP contribution in [0.25, 0.3) is 0 Å². The van der Waals surface area contributed by atoms with Crippen molar-refractivity contribution in [3.8, 4) is 6.07 Å². The summed E-state index contributed by atoms with van der Waals surface area (Å²) in [6.07, 6.45) is 7.02. The van der Waals surface area contributed by atoms with Crippen molar-refractivity contribution in [3.63, 3.8) is 0 Å². The third kappa shape index (κ3) is 2.07. The largest absolute Gasteiger partial charge is 0.365 e. The van der Waals surface area contributed by atoms with Gasteiger partial charge in [-0.3, -0.25) is 0 Å². The van der Waals surface area contributed by atoms with E-state index < -0.39 is 0 Å². The molecule has 0 aromatic carbocycles. The maximum Gasteiger partial charge on any atom is 0.182 e. The number of rotatable bonds is 3. The van der Waals surface area contributed by atoms with Gasteiger partial charge >= 0.3 is 0 Å². The Balaban J connectivity index is 2.06. The molecule has 1 atom stereocenters. The Morgan fingerprint density at radius 1 is 1.47 bits per heavy atom. The van der Waals surface area contributed by atoms with E-state index in [0.29, 0.717) is 17.6 Å². The van der Waals surface area contributed by atoms with Crippen molar-refractivity contribution in [1.82, 2.24) is 9.97 Å². The normalized spacial score (nSPS) is 17.6. The molecule has 4 nitrogen and oxygen atoms in total. The summed E-state index contributed by atoms with van der Waals surface area (Å²) in [4.78, 5) is 8.10. The van der Waals surface area contributed by atoms with Gasteiger partial charge in [-0.1, -0.05) is 6.42 Å². The molecule has 0 radical (unpaired) electrons. The number of aromatic nitrogens is 2. The van der Waals surface area contributed by atoms with Crippen molar-refractivity contribution in [1.29, 1.82) is 5.26 Å². The van der Waals surface area contributed by atoms with E-state index in [4.69, 9.17) is 5.26 Å². The summed E-state index contributed by atoms with van der Waals surface area (Å²) in [5.41, 5.74) is 0.378. The first-order valence-corrected chi connectivity index (χ1v) is 5.29. The average molecular weight is 202 g/mol. The van der Waals surface area contributed by atoms with E-state index in [1.807, 2.05) is 6.07 Å². The minimum absolute atomic E-state index is 0.377. The van der Waals surface area contributed by atoms with E-state index in [2.05, 4.69) is 22.2 Å². The van der Waals surface area contributed by atoms with Gasteiger partial charge in [-0.15, -0.1) is 0 Å².